The lowest BCUT2D eigenvalue weighted by molar-refractivity contribution is -0.133. The molecule has 0 aliphatic carbocycles. The number of nitrogens with zero attached hydrogens (tertiary/aromatic N) is 1. The van der Waals surface area contributed by atoms with Gasteiger partial charge in [0.2, 0.25) is 5.91 Å². The maximum absolute atomic E-state index is 12.3. The summed E-state index contributed by atoms with van der Waals surface area (Å²) in [6, 6.07) is 5.76. The monoisotopic (exact) mass is 290 g/mol. The fourth-order valence-electron chi connectivity index (χ4n) is 3.22. The van der Waals surface area contributed by atoms with Crippen LogP contribution in [0.4, 0.5) is 0 Å². The highest BCUT2D eigenvalue weighted by Gasteiger charge is 2.32. The van der Waals surface area contributed by atoms with E-state index < -0.39 is 0 Å². The molecule has 1 aromatic rings. The quantitative estimate of drug-likeness (QED) is 0.903. The molecule has 2 aliphatic rings. The van der Waals surface area contributed by atoms with E-state index >= 15 is 0 Å². The fraction of sp³-hybridized carbons (Fsp3) is 0.562. The zero-order chi connectivity index (χ0) is 14.8. The average Bonchev–Trinajstić information content (AvgIpc) is 2.65. The number of hydrogen-bond acceptors (Lipinski definition) is 4. The second-order valence-corrected chi connectivity index (χ2v) is 5.58. The van der Waals surface area contributed by atoms with Crippen LogP contribution < -0.4 is 15.2 Å². The molecule has 0 bridgehead atoms. The molecule has 2 aliphatic heterocycles. The number of fused-ring (bicyclic) bond motifs is 1. The number of rotatable bonds is 2. The van der Waals surface area contributed by atoms with Gasteiger partial charge in [-0.3, -0.25) is 4.79 Å². The van der Waals surface area contributed by atoms with Gasteiger partial charge in [-0.2, -0.15) is 0 Å². The van der Waals surface area contributed by atoms with Crippen LogP contribution in [-0.2, 0) is 4.79 Å². The molecule has 1 fully saturated rings. The van der Waals surface area contributed by atoms with E-state index in [-0.39, 0.29) is 18.0 Å². The summed E-state index contributed by atoms with van der Waals surface area (Å²) in [5, 5.41) is 0. The molecule has 2 atom stereocenters. The number of carbonyl (C=O) groups is 1. The van der Waals surface area contributed by atoms with E-state index in [4.69, 9.17) is 15.2 Å². The summed E-state index contributed by atoms with van der Waals surface area (Å²) in [4.78, 5) is 14.2. The van der Waals surface area contributed by atoms with E-state index in [0.717, 1.165) is 29.9 Å². The summed E-state index contributed by atoms with van der Waals surface area (Å²) in [6.07, 6.45) is 2.31. The third-order valence-electron chi connectivity index (χ3n) is 4.24. The summed E-state index contributed by atoms with van der Waals surface area (Å²) < 4.78 is 11.2. The van der Waals surface area contributed by atoms with Crippen LogP contribution in [-0.4, -0.2) is 36.6 Å². The fourth-order valence-corrected chi connectivity index (χ4v) is 3.22. The number of hydrogen-bond donors (Lipinski definition) is 1. The number of nitrogens with two attached hydrogens (primary N) is 1. The van der Waals surface area contributed by atoms with E-state index in [0.29, 0.717) is 26.2 Å². The van der Waals surface area contributed by atoms with Crippen molar-refractivity contribution >= 4 is 5.91 Å². The SMILES string of the molecule is CCN1C(=O)CCCC(N)C1c1ccc2c(c1)OCCO2. The molecule has 2 N–H and O–H groups in total. The first kappa shape index (κ1) is 14.2. The van der Waals surface area contributed by atoms with Gasteiger partial charge in [0.15, 0.2) is 11.5 Å². The van der Waals surface area contributed by atoms with E-state index in [9.17, 15) is 4.79 Å². The maximum atomic E-state index is 12.3. The largest absolute Gasteiger partial charge is 0.486 e. The first-order chi connectivity index (χ1) is 10.2. The molecule has 0 saturated carbocycles. The molecule has 5 heteroatoms. The van der Waals surface area contributed by atoms with E-state index in [1.54, 1.807) is 0 Å². The van der Waals surface area contributed by atoms with Gasteiger partial charge in [0.25, 0.3) is 0 Å². The van der Waals surface area contributed by atoms with Crippen molar-refractivity contribution in [3.05, 3.63) is 23.8 Å². The van der Waals surface area contributed by atoms with Gasteiger partial charge >= 0.3 is 0 Å². The third kappa shape index (κ3) is 2.70. The highest BCUT2D eigenvalue weighted by Crippen LogP contribution is 2.36. The Hall–Kier alpha value is -1.75. The van der Waals surface area contributed by atoms with Gasteiger partial charge in [0.1, 0.15) is 13.2 Å². The Labute approximate surface area is 125 Å². The molecule has 2 heterocycles. The van der Waals surface area contributed by atoms with Crippen molar-refractivity contribution in [2.24, 2.45) is 5.73 Å². The van der Waals surface area contributed by atoms with Crippen molar-refractivity contribution in [2.45, 2.75) is 38.3 Å². The van der Waals surface area contributed by atoms with Gasteiger partial charge in [-0.25, -0.2) is 0 Å². The van der Waals surface area contributed by atoms with Gasteiger partial charge < -0.3 is 20.1 Å². The normalized spacial score (nSPS) is 25.6. The lowest BCUT2D eigenvalue weighted by atomic mass is 9.96. The van der Waals surface area contributed by atoms with E-state index in [1.807, 2.05) is 30.0 Å². The third-order valence-corrected chi connectivity index (χ3v) is 4.24. The Morgan fingerprint density at radius 3 is 2.81 bits per heavy atom. The second kappa shape index (κ2) is 5.93. The summed E-state index contributed by atoms with van der Waals surface area (Å²) >= 11 is 0. The second-order valence-electron chi connectivity index (χ2n) is 5.58. The highest BCUT2D eigenvalue weighted by atomic mass is 16.6. The van der Waals surface area contributed by atoms with Crippen LogP contribution in [0.2, 0.25) is 0 Å². The maximum Gasteiger partial charge on any atom is 0.223 e. The van der Waals surface area contributed by atoms with Crippen molar-refractivity contribution in [1.29, 1.82) is 0 Å². The van der Waals surface area contributed by atoms with Crippen molar-refractivity contribution in [3.63, 3.8) is 0 Å². The molecule has 0 radical (unpaired) electrons. The lowest BCUT2D eigenvalue weighted by Crippen LogP contribution is -2.42. The predicted molar refractivity (Wildman–Crippen MR) is 79.4 cm³/mol. The van der Waals surface area contributed by atoms with Crippen LogP contribution in [0.1, 0.15) is 37.8 Å². The van der Waals surface area contributed by atoms with Crippen molar-refractivity contribution in [1.82, 2.24) is 4.90 Å². The van der Waals surface area contributed by atoms with Gasteiger partial charge in [0.05, 0.1) is 6.04 Å². The predicted octanol–water partition coefficient (Wildman–Crippen LogP) is 1.86. The van der Waals surface area contributed by atoms with Gasteiger partial charge in [0, 0.05) is 19.0 Å². The van der Waals surface area contributed by atoms with Crippen molar-refractivity contribution in [3.8, 4) is 11.5 Å². The number of carbonyl (C=O) groups excluding carboxylic acids is 1. The Morgan fingerprint density at radius 1 is 1.29 bits per heavy atom. The number of likely N-dealkylation sites (tertiary alicyclic amines) is 1. The number of benzene rings is 1. The smallest absolute Gasteiger partial charge is 0.223 e. The van der Waals surface area contributed by atoms with E-state index in [2.05, 4.69) is 0 Å². The van der Waals surface area contributed by atoms with Crippen molar-refractivity contribution in [2.75, 3.05) is 19.8 Å². The molecule has 1 aromatic carbocycles. The topological polar surface area (TPSA) is 64.8 Å². The standard InChI is InChI=1S/C16H22N2O3/c1-2-18-15(19)5-3-4-12(17)16(18)11-6-7-13-14(10-11)21-9-8-20-13/h6-7,10,12,16H,2-5,8-9,17H2,1H3. The number of ether oxygens (including phenoxy) is 2. The summed E-state index contributed by atoms with van der Waals surface area (Å²) in [6.45, 7) is 3.81. The Morgan fingerprint density at radius 2 is 2.05 bits per heavy atom. The molecule has 5 nitrogen and oxygen atoms in total. The molecule has 21 heavy (non-hydrogen) atoms. The summed E-state index contributed by atoms with van der Waals surface area (Å²) in [7, 11) is 0. The van der Waals surface area contributed by atoms with Crippen LogP contribution in [0.25, 0.3) is 0 Å². The van der Waals surface area contributed by atoms with Crippen LogP contribution >= 0.6 is 0 Å². The zero-order valence-electron chi connectivity index (χ0n) is 12.4. The van der Waals surface area contributed by atoms with Gasteiger partial charge in [-0.15, -0.1) is 0 Å². The molecule has 0 spiro atoms. The average molecular weight is 290 g/mol. The highest BCUT2D eigenvalue weighted by molar-refractivity contribution is 5.77. The Balaban J connectivity index is 1.96. The first-order valence-electron chi connectivity index (χ1n) is 7.65. The molecular formula is C16H22N2O3. The first-order valence-corrected chi connectivity index (χ1v) is 7.65. The Kier molecular flexibility index (Phi) is 4.01. The minimum absolute atomic E-state index is 0.0426. The minimum atomic E-state index is -0.0826. The molecule has 0 aromatic heterocycles. The van der Waals surface area contributed by atoms with Crippen LogP contribution in [0.5, 0.6) is 11.5 Å². The molecule has 2 unspecified atom stereocenters. The molecule has 1 amide bonds. The van der Waals surface area contributed by atoms with Gasteiger partial charge in [-0.05, 0) is 37.5 Å². The van der Waals surface area contributed by atoms with E-state index in [1.165, 1.54) is 0 Å². The summed E-state index contributed by atoms with van der Waals surface area (Å²) in [5.41, 5.74) is 7.38. The molecule has 1 saturated heterocycles. The zero-order valence-corrected chi connectivity index (χ0v) is 12.4. The van der Waals surface area contributed by atoms with Crippen LogP contribution in [0.3, 0.4) is 0 Å². The Bertz CT molecular complexity index is 532. The molecule has 3 rings (SSSR count). The minimum Gasteiger partial charge on any atom is -0.486 e. The van der Waals surface area contributed by atoms with Crippen LogP contribution in [0.15, 0.2) is 18.2 Å². The number of amides is 1. The molecular weight excluding hydrogens is 268 g/mol. The van der Waals surface area contributed by atoms with Crippen molar-refractivity contribution < 1.29 is 14.3 Å². The van der Waals surface area contributed by atoms with Gasteiger partial charge in [-0.1, -0.05) is 6.07 Å². The number of likely N-dealkylation sites (N-methyl/N-ethyl adjacent to an activating group) is 1. The molecule has 114 valence electrons. The lowest BCUT2D eigenvalue weighted by Gasteiger charge is -2.33. The summed E-state index contributed by atoms with van der Waals surface area (Å²) in [5.74, 6) is 1.70. The van der Waals surface area contributed by atoms with Crippen LogP contribution in [0, 0.1) is 0 Å².